The van der Waals surface area contributed by atoms with Crippen molar-refractivity contribution in [2.45, 2.75) is 6.92 Å². The third kappa shape index (κ3) is 3.42. The largest absolute Gasteiger partial charge is 0.504 e. The Bertz CT molecular complexity index is 388. The Morgan fingerprint density at radius 2 is 2.33 bits per heavy atom. The van der Waals surface area contributed by atoms with Crippen LogP contribution in [0, 0.1) is 5.82 Å². The molecule has 0 heterocycles. The molecule has 1 rings (SSSR count). The quantitative estimate of drug-likeness (QED) is 0.795. The van der Waals surface area contributed by atoms with E-state index in [0.29, 0.717) is 12.1 Å². The van der Waals surface area contributed by atoms with Gasteiger partial charge in [-0.25, -0.2) is 4.39 Å². The number of phenols is 1. The number of rotatable bonds is 3. The van der Waals surface area contributed by atoms with Crippen LogP contribution in [0.1, 0.15) is 12.5 Å². The van der Waals surface area contributed by atoms with Crippen LogP contribution in [0.4, 0.5) is 4.39 Å². The van der Waals surface area contributed by atoms with Crippen molar-refractivity contribution in [3.8, 4) is 5.75 Å². The molecule has 0 aliphatic heterocycles. The molecule has 0 atom stereocenters. The van der Waals surface area contributed by atoms with Crippen LogP contribution in [-0.4, -0.2) is 17.6 Å². The topological polar surface area (TPSA) is 49.3 Å². The van der Waals surface area contributed by atoms with E-state index in [-0.39, 0.29) is 11.7 Å². The van der Waals surface area contributed by atoms with E-state index >= 15 is 0 Å². The summed E-state index contributed by atoms with van der Waals surface area (Å²) in [7, 11) is 0. The SMILES string of the molecule is CC(=O)NCC=Cc1cccc(F)c1O. The Labute approximate surface area is 87.2 Å². The predicted molar refractivity (Wildman–Crippen MR) is 55.8 cm³/mol. The summed E-state index contributed by atoms with van der Waals surface area (Å²) < 4.78 is 12.9. The number of benzene rings is 1. The number of nitrogens with one attached hydrogen (secondary N) is 1. The van der Waals surface area contributed by atoms with Crippen molar-refractivity contribution in [3.05, 3.63) is 35.7 Å². The number of carbonyl (C=O) groups is 1. The molecule has 0 aliphatic carbocycles. The van der Waals surface area contributed by atoms with Crippen molar-refractivity contribution in [1.29, 1.82) is 0 Å². The third-order valence-electron chi connectivity index (χ3n) is 1.78. The van der Waals surface area contributed by atoms with Gasteiger partial charge >= 0.3 is 0 Å². The molecule has 1 aromatic carbocycles. The Hall–Kier alpha value is -1.84. The summed E-state index contributed by atoms with van der Waals surface area (Å²) in [5.41, 5.74) is 0.389. The molecule has 80 valence electrons. The van der Waals surface area contributed by atoms with Crippen LogP contribution < -0.4 is 5.32 Å². The first-order valence-electron chi connectivity index (χ1n) is 4.49. The van der Waals surface area contributed by atoms with Crippen LogP contribution in [0.3, 0.4) is 0 Å². The molecule has 0 unspecified atom stereocenters. The average molecular weight is 209 g/mol. The summed E-state index contributed by atoms with van der Waals surface area (Å²) in [6, 6.07) is 4.27. The molecule has 2 N–H and O–H groups in total. The van der Waals surface area contributed by atoms with E-state index < -0.39 is 5.82 Å². The summed E-state index contributed by atoms with van der Waals surface area (Å²) in [5, 5.41) is 11.8. The highest BCUT2D eigenvalue weighted by Crippen LogP contribution is 2.21. The number of hydrogen-bond donors (Lipinski definition) is 2. The molecule has 3 nitrogen and oxygen atoms in total. The average Bonchev–Trinajstić information content (AvgIpc) is 2.18. The maximum absolute atomic E-state index is 12.9. The minimum Gasteiger partial charge on any atom is -0.504 e. The number of amides is 1. The normalized spacial score (nSPS) is 10.5. The highest BCUT2D eigenvalue weighted by Gasteiger charge is 2.02. The number of hydrogen-bond acceptors (Lipinski definition) is 2. The molecule has 1 amide bonds. The maximum atomic E-state index is 12.9. The fourth-order valence-electron chi connectivity index (χ4n) is 1.06. The van der Waals surface area contributed by atoms with Crippen molar-refractivity contribution in [1.82, 2.24) is 5.32 Å². The monoisotopic (exact) mass is 209 g/mol. The van der Waals surface area contributed by atoms with Crippen LogP contribution in [0.15, 0.2) is 24.3 Å². The number of carbonyl (C=O) groups excluding carboxylic acids is 1. The van der Waals surface area contributed by atoms with Crippen molar-refractivity contribution in [3.63, 3.8) is 0 Å². The highest BCUT2D eigenvalue weighted by atomic mass is 19.1. The molecule has 0 bridgehead atoms. The Balaban J connectivity index is 2.64. The van der Waals surface area contributed by atoms with Gasteiger partial charge in [-0.1, -0.05) is 24.3 Å². The first-order chi connectivity index (χ1) is 7.11. The number of halogens is 1. The smallest absolute Gasteiger partial charge is 0.217 e. The summed E-state index contributed by atoms with van der Waals surface area (Å²) >= 11 is 0. The van der Waals surface area contributed by atoms with Gasteiger partial charge in [0, 0.05) is 19.0 Å². The summed E-state index contributed by atoms with van der Waals surface area (Å²) in [6.07, 6.45) is 3.18. The molecule has 0 saturated carbocycles. The molecule has 0 aliphatic rings. The fraction of sp³-hybridized carbons (Fsp3) is 0.182. The van der Waals surface area contributed by atoms with E-state index in [1.54, 1.807) is 18.2 Å². The van der Waals surface area contributed by atoms with Gasteiger partial charge in [0.05, 0.1) is 0 Å². The van der Waals surface area contributed by atoms with Gasteiger partial charge in [0.1, 0.15) is 0 Å². The first kappa shape index (κ1) is 11.2. The van der Waals surface area contributed by atoms with E-state index in [9.17, 15) is 14.3 Å². The van der Waals surface area contributed by atoms with Gasteiger partial charge in [-0.3, -0.25) is 4.79 Å². The summed E-state index contributed by atoms with van der Waals surface area (Å²) in [6.45, 7) is 1.76. The molecule has 0 radical (unpaired) electrons. The maximum Gasteiger partial charge on any atom is 0.217 e. The minimum absolute atomic E-state index is 0.136. The lowest BCUT2D eigenvalue weighted by atomic mass is 10.2. The first-order valence-corrected chi connectivity index (χ1v) is 4.49. The second-order valence-electron chi connectivity index (χ2n) is 3.02. The summed E-state index contributed by atoms with van der Waals surface area (Å²) in [5.74, 6) is -1.17. The molecule has 0 fully saturated rings. The van der Waals surface area contributed by atoms with Gasteiger partial charge in [0.15, 0.2) is 11.6 Å². The standard InChI is InChI=1S/C11H12FNO2/c1-8(14)13-7-3-5-9-4-2-6-10(12)11(9)15/h2-6,15H,7H2,1H3,(H,13,14). The van der Waals surface area contributed by atoms with Gasteiger partial charge in [-0.2, -0.15) is 0 Å². The van der Waals surface area contributed by atoms with E-state index in [0.717, 1.165) is 0 Å². The van der Waals surface area contributed by atoms with Crippen molar-refractivity contribution >= 4 is 12.0 Å². The zero-order valence-corrected chi connectivity index (χ0v) is 8.33. The van der Waals surface area contributed by atoms with Crippen molar-refractivity contribution in [2.24, 2.45) is 0 Å². The molecular weight excluding hydrogens is 197 g/mol. The Morgan fingerprint density at radius 3 is 3.00 bits per heavy atom. The minimum atomic E-state index is -0.656. The molecule has 0 saturated heterocycles. The summed E-state index contributed by atoms with van der Waals surface area (Å²) in [4.78, 5) is 10.5. The van der Waals surface area contributed by atoms with Crippen molar-refractivity contribution < 1.29 is 14.3 Å². The number of para-hydroxylation sites is 1. The van der Waals surface area contributed by atoms with Crippen LogP contribution >= 0.6 is 0 Å². The predicted octanol–water partition coefficient (Wildman–Crippen LogP) is 1.68. The second-order valence-corrected chi connectivity index (χ2v) is 3.02. The van der Waals surface area contributed by atoms with Gasteiger partial charge in [-0.15, -0.1) is 0 Å². The van der Waals surface area contributed by atoms with E-state index in [4.69, 9.17) is 0 Å². The van der Waals surface area contributed by atoms with E-state index in [2.05, 4.69) is 5.32 Å². The fourth-order valence-corrected chi connectivity index (χ4v) is 1.06. The van der Waals surface area contributed by atoms with Gasteiger partial charge in [0.2, 0.25) is 5.91 Å². The molecule has 0 spiro atoms. The van der Waals surface area contributed by atoms with Crippen LogP contribution in [0.5, 0.6) is 5.75 Å². The van der Waals surface area contributed by atoms with Crippen molar-refractivity contribution in [2.75, 3.05) is 6.54 Å². The molecule has 0 aromatic heterocycles. The van der Waals surface area contributed by atoms with E-state index in [1.165, 1.54) is 19.1 Å². The molecule has 15 heavy (non-hydrogen) atoms. The van der Waals surface area contributed by atoms with Gasteiger partial charge in [-0.05, 0) is 6.07 Å². The lowest BCUT2D eigenvalue weighted by molar-refractivity contribution is -0.118. The van der Waals surface area contributed by atoms with Crippen LogP contribution in [0.2, 0.25) is 0 Å². The lowest BCUT2D eigenvalue weighted by Crippen LogP contribution is -2.19. The zero-order chi connectivity index (χ0) is 11.3. The zero-order valence-electron chi connectivity index (χ0n) is 8.33. The Kier molecular flexibility index (Phi) is 3.85. The number of aromatic hydroxyl groups is 1. The second kappa shape index (κ2) is 5.14. The van der Waals surface area contributed by atoms with Crippen LogP contribution in [-0.2, 0) is 4.79 Å². The highest BCUT2D eigenvalue weighted by molar-refractivity contribution is 5.73. The van der Waals surface area contributed by atoms with E-state index in [1.807, 2.05) is 0 Å². The Morgan fingerprint density at radius 1 is 1.60 bits per heavy atom. The van der Waals surface area contributed by atoms with Crippen LogP contribution in [0.25, 0.3) is 6.08 Å². The van der Waals surface area contributed by atoms with Gasteiger partial charge in [0.25, 0.3) is 0 Å². The molecular formula is C11H12FNO2. The molecule has 1 aromatic rings. The van der Waals surface area contributed by atoms with Gasteiger partial charge < -0.3 is 10.4 Å². The lowest BCUT2D eigenvalue weighted by Gasteiger charge is -1.99. The third-order valence-corrected chi connectivity index (χ3v) is 1.78. The molecule has 4 heteroatoms. The number of phenolic OH excluding ortho intramolecular Hbond substituents is 1.